The molecule has 0 unspecified atom stereocenters. The third-order valence-corrected chi connectivity index (χ3v) is 6.28. The summed E-state index contributed by atoms with van der Waals surface area (Å²) in [6, 6.07) is 2.06. The number of halogens is 2. The number of hydrogen-bond donors (Lipinski definition) is 1. The van der Waals surface area contributed by atoms with Crippen LogP contribution < -0.4 is 5.73 Å². The predicted molar refractivity (Wildman–Crippen MR) is 117 cm³/mol. The second kappa shape index (κ2) is 7.65. The van der Waals surface area contributed by atoms with E-state index in [1.165, 1.54) is 6.20 Å². The van der Waals surface area contributed by atoms with Crippen LogP contribution in [0.25, 0.3) is 33.4 Å². The van der Waals surface area contributed by atoms with E-state index >= 15 is 0 Å². The van der Waals surface area contributed by atoms with E-state index in [-0.39, 0.29) is 18.8 Å². The van der Waals surface area contributed by atoms with Crippen molar-refractivity contribution in [1.82, 2.24) is 24.7 Å². The molecule has 1 saturated carbocycles. The largest absolute Gasteiger partial charge is 0.382 e. The Morgan fingerprint density at radius 2 is 1.91 bits per heavy atom. The summed E-state index contributed by atoms with van der Waals surface area (Å²) in [5.41, 5.74) is 11.5. The van der Waals surface area contributed by atoms with Crippen molar-refractivity contribution in [2.45, 2.75) is 52.0 Å². The van der Waals surface area contributed by atoms with Crippen LogP contribution in [0.1, 0.15) is 37.1 Å². The lowest BCUT2D eigenvalue weighted by Crippen LogP contribution is -2.26. The lowest BCUT2D eigenvalue weighted by atomic mass is 9.87. The van der Waals surface area contributed by atoms with E-state index in [0.29, 0.717) is 30.9 Å². The van der Waals surface area contributed by atoms with Gasteiger partial charge in [0.05, 0.1) is 34.8 Å². The van der Waals surface area contributed by atoms with Crippen molar-refractivity contribution < 1.29 is 13.3 Å². The molecule has 5 rings (SSSR count). The number of hydrogen-bond acceptors (Lipinski definition) is 6. The Morgan fingerprint density at radius 1 is 1.12 bits per heavy atom. The highest BCUT2D eigenvalue weighted by atomic mass is 19.3. The summed E-state index contributed by atoms with van der Waals surface area (Å²) in [7, 11) is 0. The van der Waals surface area contributed by atoms with Gasteiger partial charge in [-0.1, -0.05) is 5.16 Å². The normalized spacial score (nSPS) is 16.6. The molecule has 0 aromatic carbocycles. The van der Waals surface area contributed by atoms with Crippen molar-refractivity contribution in [3.8, 4) is 22.4 Å². The Balaban J connectivity index is 1.60. The van der Waals surface area contributed by atoms with Crippen molar-refractivity contribution in [3.63, 3.8) is 0 Å². The molecule has 166 valence electrons. The van der Waals surface area contributed by atoms with Crippen molar-refractivity contribution in [3.05, 3.63) is 42.3 Å². The van der Waals surface area contributed by atoms with E-state index < -0.39 is 5.92 Å². The SMILES string of the molecule is Cc1noc(C)c1-c1cnc2c(-c3cnc(N)cn3)cn(CC3CCC(F)(F)CC3)c2c1. The maximum atomic E-state index is 13.7. The van der Waals surface area contributed by atoms with E-state index in [2.05, 4.69) is 25.8 Å². The van der Waals surface area contributed by atoms with E-state index in [1.54, 1.807) is 12.4 Å². The van der Waals surface area contributed by atoms with Crippen LogP contribution in [0.3, 0.4) is 0 Å². The number of aryl methyl sites for hydroxylation is 2. The van der Waals surface area contributed by atoms with Crippen molar-refractivity contribution in [2.75, 3.05) is 5.73 Å². The molecule has 1 aliphatic rings. The van der Waals surface area contributed by atoms with Gasteiger partial charge in [0.2, 0.25) is 5.92 Å². The second-order valence-corrected chi connectivity index (χ2v) is 8.61. The van der Waals surface area contributed by atoms with Crippen molar-refractivity contribution in [1.29, 1.82) is 0 Å². The minimum Gasteiger partial charge on any atom is -0.382 e. The van der Waals surface area contributed by atoms with Crippen LogP contribution >= 0.6 is 0 Å². The number of nitrogens with two attached hydrogens (primary N) is 1. The van der Waals surface area contributed by atoms with Crippen LogP contribution in [0, 0.1) is 19.8 Å². The maximum absolute atomic E-state index is 13.7. The molecule has 0 spiro atoms. The van der Waals surface area contributed by atoms with Gasteiger partial charge < -0.3 is 14.8 Å². The molecule has 1 aliphatic carbocycles. The molecule has 0 saturated heterocycles. The van der Waals surface area contributed by atoms with Gasteiger partial charge in [-0.3, -0.25) is 9.97 Å². The highest BCUT2D eigenvalue weighted by molar-refractivity contribution is 5.94. The first-order chi connectivity index (χ1) is 15.3. The molecule has 0 amide bonds. The molecule has 0 radical (unpaired) electrons. The molecule has 0 atom stereocenters. The number of nitrogens with zero attached hydrogens (tertiary/aromatic N) is 5. The summed E-state index contributed by atoms with van der Waals surface area (Å²) in [5, 5.41) is 4.05. The number of nitrogen functional groups attached to an aromatic ring is 1. The number of alkyl halides is 2. The lowest BCUT2D eigenvalue weighted by molar-refractivity contribution is -0.0472. The van der Waals surface area contributed by atoms with Gasteiger partial charge >= 0.3 is 0 Å². The highest BCUT2D eigenvalue weighted by Crippen LogP contribution is 2.38. The zero-order valence-corrected chi connectivity index (χ0v) is 18.0. The highest BCUT2D eigenvalue weighted by Gasteiger charge is 2.35. The van der Waals surface area contributed by atoms with Gasteiger partial charge in [0.1, 0.15) is 11.6 Å². The summed E-state index contributed by atoms with van der Waals surface area (Å²) < 4.78 is 34.7. The van der Waals surface area contributed by atoms with E-state index in [1.807, 2.05) is 20.0 Å². The Morgan fingerprint density at radius 3 is 2.56 bits per heavy atom. The fraction of sp³-hybridized carbons (Fsp3) is 0.391. The quantitative estimate of drug-likeness (QED) is 0.472. The second-order valence-electron chi connectivity index (χ2n) is 8.61. The third-order valence-electron chi connectivity index (χ3n) is 6.28. The zero-order valence-electron chi connectivity index (χ0n) is 18.0. The van der Waals surface area contributed by atoms with Crippen molar-refractivity contribution in [2.24, 2.45) is 5.92 Å². The first-order valence-corrected chi connectivity index (χ1v) is 10.7. The zero-order chi connectivity index (χ0) is 22.5. The molecular weight excluding hydrogens is 414 g/mol. The molecule has 32 heavy (non-hydrogen) atoms. The molecule has 0 bridgehead atoms. The van der Waals surface area contributed by atoms with Gasteiger partial charge in [0.25, 0.3) is 0 Å². The van der Waals surface area contributed by atoms with Gasteiger partial charge in [-0.15, -0.1) is 0 Å². The first-order valence-electron chi connectivity index (χ1n) is 10.7. The Bertz CT molecular complexity index is 1250. The summed E-state index contributed by atoms with van der Waals surface area (Å²) >= 11 is 0. The Kier molecular flexibility index (Phi) is 4.91. The molecule has 1 fully saturated rings. The van der Waals surface area contributed by atoms with Crippen LogP contribution in [0.2, 0.25) is 0 Å². The van der Waals surface area contributed by atoms with Gasteiger partial charge in [-0.2, -0.15) is 0 Å². The standard InChI is InChI=1S/C23H24F2N6O/c1-13-21(14(2)32-30-13)16-7-19-22(29-8-16)17(18-9-28-20(26)10-27-18)12-31(19)11-15-3-5-23(24,25)6-4-15/h7-10,12,15H,3-6,11H2,1-2H3,(H2,26,28). The number of pyridine rings is 1. The molecule has 2 N–H and O–H groups in total. The predicted octanol–water partition coefficient (Wildman–Crippen LogP) is 5.17. The molecule has 4 aromatic rings. The average molecular weight is 438 g/mol. The molecule has 4 aromatic heterocycles. The monoisotopic (exact) mass is 438 g/mol. The Labute approximate surface area is 183 Å². The molecule has 0 aliphatic heterocycles. The summed E-state index contributed by atoms with van der Waals surface area (Å²) in [6.07, 6.45) is 7.81. The third kappa shape index (κ3) is 3.72. The lowest BCUT2D eigenvalue weighted by Gasteiger charge is -2.28. The smallest absolute Gasteiger partial charge is 0.248 e. The molecule has 7 nitrogen and oxygen atoms in total. The van der Waals surface area contributed by atoms with Crippen LogP contribution in [0.4, 0.5) is 14.6 Å². The fourth-order valence-corrected chi connectivity index (χ4v) is 4.57. The van der Waals surface area contributed by atoms with Crippen molar-refractivity contribution >= 4 is 16.9 Å². The number of rotatable bonds is 4. The van der Waals surface area contributed by atoms with Gasteiger partial charge in [0, 0.05) is 48.5 Å². The number of anilines is 1. The maximum Gasteiger partial charge on any atom is 0.248 e. The van der Waals surface area contributed by atoms with Crippen LogP contribution in [0.15, 0.2) is 35.4 Å². The number of fused-ring (bicyclic) bond motifs is 1. The van der Waals surface area contributed by atoms with E-state index in [9.17, 15) is 8.78 Å². The van der Waals surface area contributed by atoms with E-state index in [0.717, 1.165) is 39.2 Å². The molecule has 4 heterocycles. The Hall–Kier alpha value is -3.36. The van der Waals surface area contributed by atoms with E-state index in [4.69, 9.17) is 15.2 Å². The van der Waals surface area contributed by atoms with Crippen LogP contribution in [-0.4, -0.2) is 30.6 Å². The summed E-state index contributed by atoms with van der Waals surface area (Å²) in [5.74, 6) is -1.30. The fourth-order valence-electron chi connectivity index (χ4n) is 4.57. The number of aromatic nitrogens is 5. The summed E-state index contributed by atoms with van der Waals surface area (Å²) in [6.45, 7) is 4.41. The molecular formula is C23H24F2N6O. The summed E-state index contributed by atoms with van der Waals surface area (Å²) in [4.78, 5) is 13.3. The minimum atomic E-state index is -2.54. The molecule has 9 heteroatoms. The topological polar surface area (TPSA) is 95.7 Å². The average Bonchev–Trinajstić information content (AvgIpc) is 3.29. The van der Waals surface area contributed by atoms with Crippen LogP contribution in [0.5, 0.6) is 0 Å². The minimum absolute atomic E-state index is 0.0598. The van der Waals surface area contributed by atoms with Crippen LogP contribution in [-0.2, 0) is 6.54 Å². The van der Waals surface area contributed by atoms with Gasteiger partial charge in [-0.05, 0) is 38.7 Å². The van der Waals surface area contributed by atoms with Gasteiger partial charge in [-0.25, -0.2) is 13.8 Å². The first kappa shape index (κ1) is 20.5. The van der Waals surface area contributed by atoms with Gasteiger partial charge in [0.15, 0.2) is 0 Å².